The second-order valence-corrected chi connectivity index (χ2v) is 7.89. The molecular weight excluding hydrogens is 401 g/mol. The van der Waals surface area contributed by atoms with Gasteiger partial charge in [-0.2, -0.15) is 23.5 Å². The van der Waals surface area contributed by atoms with Gasteiger partial charge in [-0.25, -0.2) is 0 Å². The number of unbranched alkanes of at least 4 members (excludes halogenated alkanes) is 1. The number of aliphatic imine (C=N–C) groups is 1. The van der Waals surface area contributed by atoms with Crippen LogP contribution >= 0.6 is 47.5 Å². The van der Waals surface area contributed by atoms with Crippen molar-refractivity contribution in [1.29, 1.82) is 0 Å². The Morgan fingerprint density at radius 1 is 1.35 bits per heavy atom. The zero-order valence-electron chi connectivity index (χ0n) is 13.0. The molecule has 0 aromatic heterocycles. The first-order valence-corrected chi connectivity index (χ1v) is 9.73. The number of guanidine groups is 1. The summed E-state index contributed by atoms with van der Waals surface area (Å²) in [4.78, 5) is 4.75. The SMILES string of the molecule is CCNC(=NCC1(C)CCCS1)NCCCCSC.I. The Kier molecular flexibility index (Phi) is 12.7. The van der Waals surface area contributed by atoms with E-state index in [1.807, 2.05) is 11.8 Å². The lowest BCUT2D eigenvalue weighted by Gasteiger charge is -2.21. The predicted molar refractivity (Wildman–Crippen MR) is 107 cm³/mol. The Bertz CT molecular complexity index is 269. The molecule has 1 aliphatic rings. The standard InChI is InChI=1S/C14H29N3S2.HI/c1-4-15-13(16-9-5-6-10-18-3)17-12-14(2)8-7-11-19-14;/h4-12H2,1-3H3,(H2,15,16,17);1H. The van der Waals surface area contributed by atoms with Gasteiger partial charge in [-0.1, -0.05) is 0 Å². The summed E-state index contributed by atoms with van der Waals surface area (Å²) in [6.07, 6.45) is 7.31. The van der Waals surface area contributed by atoms with Gasteiger partial charge in [0, 0.05) is 17.8 Å². The van der Waals surface area contributed by atoms with E-state index < -0.39 is 0 Å². The number of thioether (sulfide) groups is 2. The summed E-state index contributed by atoms with van der Waals surface area (Å²) >= 11 is 4.00. The van der Waals surface area contributed by atoms with E-state index in [1.165, 1.54) is 37.2 Å². The first kappa shape index (κ1) is 20.7. The summed E-state index contributed by atoms with van der Waals surface area (Å²) < 4.78 is 0.362. The lowest BCUT2D eigenvalue weighted by atomic mass is 10.1. The van der Waals surface area contributed by atoms with Gasteiger partial charge in [-0.05, 0) is 57.3 Å². The third-order valence-electron chi connectivity index (χ3n) is 3.28. The molecule has 1 unspecified atom stereocenters. The average Bonchev–Trinajstić information content (AvgIpc) is 2.83. The quantitative estimate of drug-likeness (QED) is 0.267. The maximum absolute atomic E-state index is 4.75. The normalized spacial score (nSPS) is 22.4. The largest absolute Gasteiger partial charge is 0.357 e. The smallest absolute Gasteiger partial charge is 0.191 e. The molecule has 1 rings (SSSR count). The number of nitrogens with one attached hydrogen (secondary N) is 2. The Morgan fingerprint density at radius 2 is 2.15 bits per heavy atom. The van der Waals surface area contributed by atoms with Crippen LogP contribution in [0, 0.1) is 0 Å². The first-order chi connectivity index (χ1) is 9.20. The van der Waals surface area contributed by atoms with Crippen LogP contribution in [0.4, 0.5) is 0 Å². The highest BCUT2D eigenvalue weighted by Crippen LogP contribution is 2.37. The second kappa shape index (κ2) is 12.3. The van der Waals surface area contributed by atoms with Crippen molar-refractivity contribution in [3.8, 4) is 0 Å². The van der Waals surface area contributed by atoms with Gasteiger partial charge >= 0.3 is 0 Å². The van der Waals surface area contributed by atoms with Gasteiger partial charge in [-0.15, -0.1) is 24.0 Å². The van der Waals surface area contributed by atoms with Crippen LogP contribution in [-0.4, -0.2) is 48.1 Å². The molecule has 1 saturated heterocycles. The molecule has 0 aromatic rings. The van der Waals surface area contributed by atoms with Gasteiger partial charge in [0.1, 0.15) is 0 Å². The summed E-state index contributed by atoms with van der Waals surface area (Å²) in [5.41, 5.74) is 0. The van der Waals surface area contributed by atoms with Crippen LogP contribution in [0.25, 0.3) is 0 Å². The van der Waals surface area contributed by atoms with Crippen LogP contribution in [0.3, 0.4) is 0 Å². The van der Waals surface area contributed by atoms with Crippen molar-refractivity contribution < 1.29 is 0 Å². The van der Waals surface area contributed by atoms with E-state index in [-0.39, 0.29) is 24.0 Å². The molecule has 1 heterocycles. The van der Waals surface area contributed by atoms with Crippen LogP contribution in [0.1, 0.15) is 39.5 Å². The Morgan fingerprint density at radius 3 is 2.75 bits per heavy atom. The highest BCUT2D eigenvalue weighted by molar-refractivity contribution is 14.0. The lowest BCUT2D eigenvalue weighted by molar-refractivity contribution is 0.613. The maximum Gasteiger partial charge on any atom is 0.191 e. The summed E-state index contributed by atoms with van der Waals surface area (Å²) in [6, 6.07) is 0. The Hall–Kier alpha value is 0.700. The zero-order chi connectivity index (χ0) is 14.0. The van der Waals surface area contributed by atoms with Crippen LogP contribution in [-0.2, 0) is 0 Å². The van der Waals surface area contributed by atoms with Crippen LogP contribution < -0.4 is 10.6 Å². The topological polar surface area (TPSA) is 36.4 Å². The van der Waals surface area contributed by atoms with Gasteiger partial charge in [-0.3, -0.25) is 4.99 Å². The number of hydrogen-bond acceptors (Lipinski definition) is 3. The van der Waals surface area contributed by atoms with Crippen molar-refractivity contribution in [3.63, 3.8) is 0 Å². The molecule has 0 radical (unpaired) electrons. The molecule has 0 aliphatic carbocycles. The van der Waals surface area contributed by atoms with E-state index in [2.05, 4.69) is 42.5 Å². The van der Waals surface area contributed by atoms with Crippen LogP contribution in [0.5, 0.6) is 0 Å². The molecule has 3 nitrogen and oxygen atoms in total. The minimum Gasteiger partial charge on any atom is -0.357 e. The van der Waals surface area contributed by atoms with Crippen molar-refractivity contribution in [1.82, 2.24) is 10.6 Å². The number of halogens is 1. The number of rotatable bonds is 8. The third kappa shape index (κ3) is 8.87. The third-order valence-corrected chi connectivity index (χ3v) is 5.50. The molecule has 2 N–H and O–H groups in total. The Labute approximate surface area is 150 Å². The second-order valence-electron chi connectivity index (χ2n) is 5.22. The fraction of sp³-hybridized carbons (Fsp3) is 0.929. The van der Waals surface area contributed by atoms with Gasteiger partial charge in [0.15, 0.2) is 5.96 Å². The fourth-order valence-corrected chi connectivity index (χ4v) is 3.85. The number of hydrogen-bond donors (Lipinski definition) is 2. The summed E-state index contributed by atoms with van der Waals surface area (Å²) in [5, 5.41) is 6.78. The first-order valence-electron chi connectivity index (χ1n) is 7.35. The molecule has 1 aliphatic heterocycles. The van der Waals surface area contributed by atoms with Crippen molar-refractivity contribution in [2.45, 2.75) is 44.3 Å². The monoisotopic (exact) mass is 431 g/mol. The molecule has 6 heteroatoms. The summed E-state index contributed by atoms with van der Waals surface area (Å²) in [6.45, 7) is 7.35. The zero-order valence-corrected chi connectivity index (χ0v) is 17.0. The van der Waals surface area contributed by atoms with Gasteiger partial charge in [0.05, 0.1) is 6.54 Å². The molecule has 0 bridgehead atoms. The summed E-state index contributed by atoms with van der Waals surface area (Å²) in [7, 11) is 0. The van der Waals surface area contributed by atoms with Crippen molar-refractivity contribution in [3.05, 3.63) is 0 Å². The highest BCUT2D eigenvalue weighted by Gasteiger charge is 2.29. The molecule has 0 saturated carbocycles. The minimum absolute atomic E-state index is 0. The molecular formula is C14H30IN3S2. The average molecular weight is 431 g/mol. The van der Waals surface area contributed by atoms with E-state index in [0.717, 1.165) is 25.6 Å². The predicted octanol–water partition coefficient (Wildman–Crippen LogP) is 3.59. The van der Waals surface area contributed by atoms with Crippen LogP contribution in [0.15, 0.2) is 4.99 Å². The molecule has 1 fully saturated rings. The molecule has 20 heavy (non-hydrogen) atoms. The van der Waals surface area contributed by atoms with E-state index in [1.54, 1.807) is 0 Å². The van der Waals surface area contributed by atoms with Crippen LogP contribution in [0.2, 0.25) is 0 Å². The molecule has 0 spiro atoms. The molecule has 0 aromatic carbocycles. The van der Waals surface area contributed by atoms with E-state index in [0.29, 0.717) is 4.75 Å². The highest BCUT2D eigenvalue weighted by atomic mass is 127. The molecule has 1 atom stereocenters. The van der Waals surface area contributed by atoms with E-state index in [9.17, 15) is 0 Å². The molecule has 0 amide bonds. The van der Waals surface area contributed by atoms with Crippen molar-refractivity contribution in [2.75, 3.05) is 37.4 Å². The number of nitrogens with zero attached hydrogens (tertiary/aromatic N) is 1. The van der Waals surface area contributed by atoms with Gasteiger partial charge < -0.3 is 10.6 Å². The lowest BCUT2D eigenvalue weighted by Crippen LogP contribution is -2.39. The molecule has 120 valence electrons. The van der Waals surface area contributed by atoms with Gasteiger partial charge in [0.25, 0.3) is 0 Å². The van der Waals surface area contributed by atoms with Crippen molar-refractivity contribution >= 4 is 53.5 Å². The maximum atomic E-state index is 4.75. The Balaban J connectivity index is 0.00000361. The van der Waals surface area contributed by atoms with Gasteiger partial charge in [0.2, 0.25) is 0 Å². The van der Waals surface area contributed by atoms with Crippen molar-refractivity contribution in [2.24, 2.45) is 4.99 Å². The minimum atomic E-state index is 0. The van der Waals surface area contributed by atoms with E-state index >= 15 is 0 Å². The fourth-order valence-electron chi connectivity index (χ4n) is 2.13. The van der Waals surface area contributed by atoms with E-state index in [4.69, 9.17) is 4.99 Å². The summed E-state index contributed by atoms with van der Waals surface area (Å²) in [5.74, 6) is 3.54.